The molecule has 0 aliphatic carbocycles. The third kappa shape index (κ3) is 4.44. The second-order valence-electron chi connectivity index (χ2n) is 5.87. The number of nitrogens with zero attached hydrogens (tertiary/aromatic N) is 2. The quantitative estimate of drug-likeness (QED) is 0.747. The van der Waals surface area contributed by atoms with E-state index < -0.39 is 0 Å². The zero-order valence-corrected chi connectivity index (χ0v) is 12.1. The Kier molecular flexibility index (Phi) is 5.60. The minimum Gasteiger partial charge on any atom is -0.381 e. The molecule has 5 nitrogen and oxygen atoms in total. The molecule has 0 spiro atoms. The van der Waals surface area contributed by atoms with Gasteiger partial charge in [-0.3, -0.25) is 4.79 Å². The first-order chi connectivity index (χ1) is 9.16. The number of amides is 1. The minimum absolute atomic E-state index is 0.159. The lowest BCUT2D eigenvalue weighted by Crippen LogP contribution is -2.43. The fraction of sp³-hybridized carbons (Fsp3) is 0.929. The monoisotopic (exact) mass is 270 g/mol. The van der Waals surface area contributed by atoms with Gasteiger partial charge in [-0.2, -0.15) is 0 Å². The fourth-order valence-corrected chi connectivity index (χ4v) is 2.91. The summed E-state index contributed by atoms with van der Waals surface area (Å²) in [5.41, 5.74) is 0. The second kappa shape index (κ2) is 7.22. The summed E-state index contributed by atoms with van der Waals surface area (Å²) in [7, 11) is 4.13. The van der Waals surface area contributed by atoms with Crippen LogP contribution in [0.2, 0.25) is 0 Å². The third-order valence-corrected chi connectivity index (χ3v) is 3.84. The number of ether oxygens (including phenoxy) is 2. The molecular weight excluding hydrogens is 244 g/mol. The van der Waals surface area contributed by atoms with Crippen LogP contribution in [0.15, 0.2) is 0 Å². The van der Waals surface area contributed by atoms with Crippen LogP contribution < -0.4 is 0 Å². The molecule has 0 saturated carbocycles. The SMILES string of the molecule is CN(C)CC1COCCN(C(=O)C2CCOCC2)C1. The van der Waals surface area contributed by atoms with E-state index in [-0.39, 0.29) is 5.92 Å². The largest absolute Gasteiger partial charge is 0.381 e. The first-order valence-corrected chi connectivity index (χ1v) is 7.26. The summed E-state index contributed by atoms with van der Waals surface area (Å²) in [6, 6.07) is 0. The molecule has 0 radical (unpaired) electrons. The number of carbonyl (C=O) groups excluding carboxylic acids is 1. The summed E-state index contributed by atoms with van der Waals surface area (Å²) >= 11 is 0. The Balaban J connectivity index is 1.91. The average Bonchev–Trinajstić information content (AvgIpc) is 2.64. The van der Waals surface area contributed by atoms with Gasteiger partial charge in [0.1, 0.15) is 0 Å². The van der Waals surface area contributed by atoms with Gasteiger partial charge in [0.15, 0.2) is 0 Å². The van der Waals surface area contributed by atoms with E-state index in [1.54, 1.807) is 0 Å². The summed E-state index contributed by atoms with van der Waals surface area (Å²) in [6.45, 7) is 5.41. The molecule has 0 aromatic carbocycles. The van der Waals surface area contributed by atoms with Crippen molar-refractivity contribution in [3.05, 3.63) is 0 Å². The van der Waals surface area contributed by atoms with Crippen molar-refractivity contribution in [1.82, 2.24) is 9.80 Å². The van der Waals surface area contributed by atoms with Crippen LogP contribution in [-0.2, 0) is 14.3 Å². The molecule has 0 N–H and O–H groups in total. The molecule has 1 amide bonds. The number of hydrogen-bond donors (Lipinski definition) is 0. The molecule has 2 fully saturated rings. The van der Waals surface area contributed by atoms with Crippen molar-refractivity contribution in [3.63, 3.8) is 0 Å². The zero-order chi connectivity index (χ0) is 13.7. The van der Waals surface area contributed by atoms with Gasteiger partial charge in [0.2, 0.25) is 5.91 Å². The highest BCUT2D eigenvalue weighted by Crippen LogP contribution is 2.19. The molecule has 0 bridgehead atoms. The van der Waals surface area contributed by atoms with Crippen LogP contribution in [0, 0.1) is 11.8 Å². The molecule has 0 aromatic heterocycles. The molecular formula is C14H26N2O3. The van der Waals surface area contributed by atoms with Crippen molar-refractivity contribution < 1.29 is 14.3 Å². The topological polar surface area (TPSA) is 42.0 Å². The minimum atomic E-state index is 0.159. The molecule has 0 aromatic rings. The van der Waals surface area contributed by atoms with Crippen molar-refractivity contribution in [2.75, 3.05) is 60.2 Å². The van der Waals surface area contributed by atoms with E-state index in [9.17, 15) is 4.79 Å². The van der Waals surface area contributed by atoms with Crippen LogP contribution >= 0.6 is 0 Å². The van der Waals surface area contributed by atoms with E-state index in [1.165, 1.54) is 0 Å². The van der Waals surface area contributed by atoms with Gasteiger partial charge < -0.3 is 19.3 Å². The molecule has 2 aliphatic rings. The number of carbonyl (C=O) groups is 1. The van der Waals surface area contributed by atoms with Crippen molar-refractivity contribution in [2.24, 2.45) is 11.8 Å². The van der Waals surface area contributed by atoms with Gasteiger partial charge in [0.05, 0.1) is 13.2 Å². The van der Waals surface area contributed by atoms with E-state index >= 15 is 0 Å². The lowest BCUT2D eigenvalue weighted by molar-refractivity contribution is -0.139. The summed E-state index contributed by atoms with van der Waals surface area (Å²) in [6.07, 6.45) is 1.74. The van der Waals surface area contributed by atoms with E-state index in [0.717, 1.165) is 52.3 Å². The predicted octanol–water partition coefficient (Wildman–Crippen LogP) is 0.450. The van der Waals surface area contributed by atoms with Crippen LogP contribution in [0.3, 0.4) is 0 Å². The predicted molar refractivity (Wildman–Crippen MR) is 73.0 cm³/mol. The van der Waals surface area contributed by atoms with Crippen LogP contribution in [0.1, 0.15) is 12.8 Å². The molecule has 2 rings (SSSR count). The highest BCUT2D eigenvalue weighted by molar-refractivity contribution is 5.79. The number of hydrogen-bond acceptors (Lipinski definition) is 4. The summed E-state index contributed by atoms with van der Waals surface area (Å²) in [5, 5.41) is 0. The highest BCUT2D eigenvalue weighted by Gasteiger charge is 2.29. The van der Waals surface area contributed by atoms with E-state index in [2.05, 4.69) is 19.0 Å². The van der Waals surface area contributed by atoms with Crippen molar-refractivity contribution in [3.8, 4) is 0 Å². The van der Waals surface area contributed by atoms with Gasteiger partial charge in [-0.05, 0) is 26.9 Å². The van der Waals surface area contributed by atoms with Gasteiger partial charge in [-0.15, -0.1) is 0 Å². The van der Waals surface area contributed by atoms with Gasteiger partial charge >= 0.3 is 0 Å². The molecule has 1 unspecified atom stereocenters. The summed E-state index contributed by atoms with van der Waals surface area (Å²) in [4.78, 5) is 16.7. The highest BCUT2D eigenvalue weighted by atomic mass is 16.5. The maximum absolute atomic E-state index is 12.5. The lowest BCUT2D eigenvalue weighted by Gasteiger charge is -2.30. The molecule has 2 saturated heterocycles. The zero-order valence-electron chi connectivity index (χ0n) is 12.1. The Labute approximate surface area is 115 Å². The Morgan fingerprint density at radius 2 is 1.95 bits per heavy atom. The maximum atomic E-state index is 12.5. The standard InChI is InChI=1S/C14H26N2O3/c1-15(2)9-12-10-16(5-8-19-11-12)14(17)13-3-6-18-7-4-13/h12-13H,3-11H2,1-2H3. The van der Waals surface area contributed by atoms with Crippen LogP contribution in [0.25, 0.3) is 0 Å². The molecule has 19 heavy (non-hydrogen) atoms. The van der Waals surface area contributed by atoms with Crippen molar-refractivity contribution >= 4 is 5.91 Å². The Bertz CT molecular complexity index is 290. The molecule has 2 heterocycles. The smallest absolute Gasteiger partial charge is 0.225 e. The Morgan fingerprint density at radius 3 is 2.63 bits per heavy atom. The maximum Gasteiger partial charge on any atom is 0.225 e. The Hall–Kier alpha value is -0.650. The first-order valence-electron chi connectivity index (χ1n) is 7.26. The van der Waals surface area contributed by atoms with Crippen LogP contribution in [0.5, 0.6) is 0 Å². The van der Waals surface area contributed by atoms with Crippen LogP contribution in [-0.4, -0.2) is 75.9 Å². The number of rotatable bonds is 3. The van der Waals surface area contributed by atoms with E-state index in [0.29, 0.717) is 18.4 Å². The second-order valence-corrected chi connectivity index (χ2v) is 5.87. The lowest BCUT2D eigenvalue weighted by atomic mass is 9.98. The van der Waals surface area contributed by atoms with Gasteiger partial charge in [-0.1, -0.05) is 0 Å². The molecule has 110 valence electrons. The van der Waals surface area contributed by atoms with Crippen LogP contribution in [0.4, 0.5) is 0 Å². The van der Waals surface area contributed by atoms with Gasteiger partial charge in [0.25, 0.3) is 0 Å². The molecule has 2 aliphatic heterocycles. The van der Waals surface area contributed by atoms with Crippen molar-refractivity contribution in [1.29, 1.82) is 0 Å². The van der Waals surface area contributed by atoms with E-state index in [1.807, 2.05) is 4.90 Å². The van der Waals surface area contributed by atoms with E-state index in [4.69, 9.17) is 9.47 Å². The van der Waals surface area contributed by atoms with Gasteiger partial charge in [0, 0.05) is 44.7 Å². The normalized spacial score (nSPS) is 26.5. The third-order valence-electron chi connectivity index (χ3n) is 3.84. The summed E-state index contributed by atoms with van der Waals surface area (Å²) < 4.78 is 11.0. The van der Waals surface area contributed by atoms with Crippen molar-refractivity contribution in [2.45, 2.75) is 12.8 Å². The molecule has 5 heteroatoms. The first kappa shape index (κ1) is 14.8. The fourth-order valence-electron chi connectivity index (χ4n) is 2.91. The molecule has 1 atom stereocenters. The van der Waals surface area contributed by atoms with Gasteiger partial charge in [-0.25, -0.2) is 0 Å². The Morgan fingerprint density at radius 1 is 1.21 bits per heavy atom. The average molecular weight is 270 g/mol. The summed E-state index contributed by atoms with van der Waals surface area (Å²) in [5.74, 6) is 0.880.